The topological polar surface area (TPSA) is 204 Å². The molecule has 180 valence electrons. The Hall–Kier alpha value is -0.860. The number of aliphatic hydroxyl groups excluding tert-OH is 2. The van der Waals surface area contributed by atoms with Gasteiger partial charge in [0.15, 0.2) is 6.29 Å². The molecule has 2 heterocycles. The minimum absolute atomic E-state index is 0.0415. The smallest absolute Gasteiger partial charge is 0.185 e. The predicted molar refractivity (Wildman–Crippen MR) is 113 cm³/mol. The van der Waals surface area contributed by atoms with E-state index < -0.39 is 42.3 Å². The van der Waals surface area contributed by atoms with E-state index >= 15 is 0 Å². The van der Waals surface area contributed by atoms with E-state index in [0.29, 0.717) is 25.0 Å². The van der Waals surface area contributed by atoms with E-state index in [4.69, 9.17) is 37.1 Å². The Bertz CT molecular complexity index is 637. The molecule has 1 saturated heterocycles. The molecule has 31 heavy (non-hydrogen) atoms. The summed E-state index contributed by atoms with van der Waals surface area (Å²) in [6.45, 7) is 1.81. The van der Waals surface area contributed by atoms with Gasteiger partial charge in [-0.2, -0.15) is 0 Å². The van der Waals surface area contributed by atoms with Gasteiger partial charge in [-0.05, 0) is 39.3 Å². The van der Waals surface area contributed by atoms with Gasteiger partial charge in [0.25, 0.3) is 0 Å². The van der Waals surface area contributed by atoms with Crippen LogP contribution in [0.5, 0.6) is 0 Å². The van der Waals surface area contributed by atoms with Crippen molar-refractivity contribution in [2.75, 3.05) is 20.2 Å². The van der Waals surface area contributed by atoms with Crippen LogP contribution in [-0.4, -0.2) is 96.0 Å². The first-order valence-corrected chi connectivity index (χ1v) is 10.9. The molecule has 3 aliphatic rings. The maximum Gasteiger partial charge on any atom is 0.185 e. The highest BCUT2D eigenvalue weighted by molar-refractivity contribution is 5.06. The molecule has 2 fully saturated rings. The Morgan fingerprint density at radius 2 is 1.90 bits per heavy atom. The number of aliphatic hydroxyl groups is 3. The standard InChI is InChI=1S/C20H39N5O6/c1-20(28)8-29-19(16(27)18(20)25-2)31-17-13(24)6-12(23)10(15(17)26)5-14-11(22)4-3-9(7-21)30-14/h3,10-19,25-28H,4-8,21-24H2,1-2H3/t10-,11-,12+,13-,14-,15+,16-,17+,18-,19-,20+/m1/s1. The Labute approximate surface area is 183 Å². The number of nitrogens with two attached hydrogens (primary N) is 4. The van der Waals surface area contributed by atoms with Crippen molar-refractivity contribution in [3.05, 3.63) is 11.8 Å². The van der Waals surface area contributed by atoms with Crippen LogP contribution in [-0.2, 0) is 14.2 Å². The third-order valence-electron chi connectivity index (χ3n) is 6.83. The van der Waals surface area contributed by atoms with Gasteiger partial charge in [0.2, 0.25) is 0 Å². The summed E-state index contributed by atoms with van der Waals surface area (Å²) in [6.07, 6.45) is -0.990. The molecule has 0 bridgehead atoms. The van der Waals surface area contributed by atoms with Gasteiger partial charge in [0, 0.05) is 24.0 Å². The Balaban J connectivity index is 1.69. The largest absolute Gasteiger partial charge is 0.492 e. The van der Waals surface area contributed by atoms with E-state index in [2.05, 4.69) is 5.32 Å². The van der Waals surface area contributed by atoms with Gasteiger partial charge < -0.3 is 57.8 Å². The fourth-order valence-electron chi connectivity index (χ4n) is 4.96. The first kappa shape index (κ1) is 24.8. The summed E-state index contributed by atoms with van der Waals surface area (Å²) in [6, 6.07) is -1.81. The van der Waals surface area contributed by atoms with Gasteiger partial charge in [-0.1, -0.05) is 0 Å². The molecule has 11 heteroatoms. The zero-order chi connectivity index (χ0) is 22.9. The van der Waals surface area contributed by atoms with Crippen LogP contribution in [0.15, 0.2) is 11.8 Å². The lowest BCUT2D eigenvalue weighted by atomic mass is 9.74. The lowest BCUT2D eigenvalue weighted by molar-refractivity contribution is -0.295. The van der Waals surface area contributed by atoms with Gasteiger partial charge in [0.05, 0.1) is 25.3 Å². The van der Waals surface area contributed by atoms with Crippen molar-refractivity contribution in [3.63, 3.8) is 0 Å². The molecule has 0 unspecified atom stereocenters. The minimum Gasteiger partial charge on any atom is -0.492 e. The zero-order valence-electron chi connectivity index (χ0n) is 18.3. The molecule has 2 aliphatic heterocycles. The molecular formula is C20H39N5O6. The van der Waals surface area contributed by atoms with Crippen molar-refractivity contribution in [1.82, 2.24) is 5.32 Å². The van der Waals surface area contributed by atoms with E-state index in [9.17, 15) is 15.3 Å². The first-order chi connectivity index (χ1) is 14.6. The lowest BCUT2D eigenvalue weighted by Crippen LogP contribution is -2.67. The summed E-state index contributed by atoms with van der Waals surface area (Å²) in [7, 11) is 1.64. The Morgan fingerprint density at radius 3 is 2.55 bits per heavy atom. The third-order valence-corrected chi connectivity index (χ3v) is 6.83. The molecule has 12 N–H and O–H groups in total. The number of nitrogens with one attached hydrogen (secondary N) is 1. The molecule has 11 atom stereocenters. The highest BCUT2D eigenvalue weighted by Crippen LogP contribution is 2.34. The molecule has 0 aromatic rings. The fourth-order valence-corrected chi connectivity index (χ4v) is 4.96. The van der Waals surface area contributed by atoms with Gasteiger partial charge in [-0.3, -0.25) is 0 Å². The van der Waals surface area contributed by atoms with Crippen molar-refractivity contribution < 1.29 is 29.5 Å². The lowest BCUT2D eigenvalue weighted by Gasteiger charge is -2.48. The molecule has 0 spiro atoms. The van der Waals surface area contributed by atoms with Crippen molar-refractivity contribution in [2.45, 2.75) is 86.7 Å². The molecular weight excluding hydrogens is 406 g/mol. The highest BCUT2D eigenvalue weighted by Gasteiger charge is 2.50. The Kier molecular flexibility index (Phi) is 7.96. The summed E-state index contributed by atoms with van der Waals surface area (Å²) in [4.78, 5) is 0. The van der Waals surface area contributed by atoms with E-state index in [-0.39, 0.29) is 37.3 Å². The predicted octanol–water partition coefficient (Wildman–Crippen LogP) is -3.19. The average Bonchev–Trinajstić information content (AvgIpc) is 2.71. The number of ether oxygens (including phenoxy) is 3. The summed E-state index contributed by atoms with van der Waals surface area (Å²) in [5, 5.41) is 35.1. The van der Waals surface area contributed by atoms with Gasteiger partial charge >= 0.3 is 0 Å². The number of hydrogen-bond donors (Lipinski definition) is 8. The zero-order valence-corrected chi connectivity index (χ0v) is 18.3. The van der Waals surface area contributed by atoms with Crippen LogP contribution >= 0.6 is 0 Å². The maximum atomic E-state index is 11.1. The second-order valence-electron chi connectivity index (χ2n) is 9.28. The second kappa shape index (κ2) is 9.96. The molecule has 3 rings (SSSR count). The molecule has 0 radical (unpaired) electrons. The fraction of sp³-hybridized carbons (Fsp3) is 0.900. The van der Waals surface area contributed by atoms with Crippen molar-refractivity contribution in [3.8, 4) is 0 Å². The van der Waals surface area contributed by atoms with Gasteiger partial charge in [-0.25, -0.2) is 0 Å². The van der Waals surface area contributed by atoms with E-state index in [1.165, 1.54) is 0 Å². The highest BCUT2D eigenvalue weighted by atomic mass is 16.7. The van der Waals surface area contributed by atoms with E-state index in [1.807, 2.05) is 6.08 Å². The van der Waals surface area contributed by atoms with E-state index in [1.54, 1.807) is 14.0 Å². The average molecular weight is 446 g/mol. The maximum absolute atomic E-state index is 11.1. The number of likely N-dealkylation sites (N-methyl/N-ethyl adjacent to an activating group) is 1. The summed E-state index contributed by atoms with van der Waals surface area (Å²) < 4.78 is 17.4. The van der Waals surface area contributed by atoms with Crippen LogP contribution in [0.1, 0.15) is 26.2 Å². The van der Waals surface area contributed by atoms with Gasteiger partial charge in [0.1, 0.15) is 29.7 Å². The third kappa shape index (κ3) is 5.22. The van der Waals surface area contributed by atoms with Crippen LogP contribution in [0, 0.1) is 5.92 Å². The molecule has 0 aromatic heterocycles. The van der Waals surface area contributed by atoms with Crippen LogP contribution < -0.4 is 28.3 Å². The van der Waals surface area contributed by atoms with E-state index in [0.717, 1.165) is 0 Å². The minimum atomic E-state index is -1.27. The normalized spacial score (nSPS) is 48.7. The van der Waals surface area contributed by atoms with Crippen molar-refractivity contribution >= 4 is 0 Å². The van der Waals surface area contributed by atoms with Crippen LogP contribution in [0.4, 0.5) is 0 Å². The summed E-state index contributed by atoms with van der Waals surface area (Å²) in [5.41, 5.74) is 23.2. The van der Waals surface area contributed by atoms with Gasteiger partial charge in [-0.15, -0.1) is 0 Å². The van der Waals surface area contributed by atoms with Crippen molar-refractivity contribution in [1.29, 1.82) is 0 Å². The quantitative estimate of drug-likeness (QED) is 0.204. The monoisotopic (exact) mass is 445 g/mol. The van der Waals surface area contributed by atoms with Crippen molar-refractivity contribution in [2.24, 2.45) is 28.9 Å². The SMILES string of the molecule is CN[C@@H]1[C@@H](O)[C@@H](O[C@@H]2[C@@H](O)[C@H](C[C@H]3OC(CN)=CC[C@H]3N)[C@@H](N)C[C@H]2N)OC[C@]1(C)O. The van der Waals surface area contributed by atoms with Crippen LogP contribution in [0.25, 0.3) is 0 Å². The summed E-state index contributed by atoms with van der Waals surface area (Å²) >= 11 is 0. The molecule has 1 saturated carbocycles. The molecule has 0 aromatic carbocycles. The molecule has 1 aliphatic carbocycles. The molecule has 11 nitrogen and oxygen atoms in total. The van der Waals surface area contributed by atoms with Crippen LogP contribution in [0.3, 0.4) is 0 Å². The van der Waals surface area contributed by atoms with Crippen LogP contribution in [0.2, 0.25) is 0 Å². The second-order valence-corrected chi connectivity index (χ2v) is 9.28. The number of rotatable bonds is 6. The Morgan fingerprint density at radius 1 is 1.19 bits per heavy atom. The first-order valence-electron chi connectivity index (χ1n) is 10.9. The number of hydrogen-bond acceptors (Lipinski definition) is 11. The summed E-state index contributed by atoms with van der Waals surface area (Å²) in [5.74, 6) is 0.306. The molecule has 0 amide bonds.